The van der Waals surface area contributed by atoms with Crippen LogP contribution in [0, 0.1) is 0 Å². The Morgan fingerprint density at radius 1 is 1.20 bits per heavy atom. The standard InChI is InChI=1S/C24H36N4O7/c1-14(29)19(21(25)30)27-23(32)24(8-6-10-28(24)22(31)16-7-5-9-26-16)13-15-11-17(33-2)20(35-4)18(12-15)34-3/h11-12,14,16,19,26,29H,5-10,13H2,1-4H3,(H2,25,30)(H,27,32)/t14?,16-,19?,24?/m0/s1. The molecule has 4 atom stereocenters. The van der Waals surface area contributed by atoms with Crippen molar-refractivity contribution in [1.29, 1.82) is 0 Å². The van der Waals surface area contributed by atoms with Gasteiger partial charge in [-0.2, -0.15) is 0 Å². The maximum absolute atomic E-state index is 13.8. The van der Waals surface area contributed by atoms with E-state index in [1.165, 1.54) is 28.3 Å². The lowest BCUT2D eigenvalue weighted by atomic mass is 9.85. The van der Waals surface area contributed by atoms with Crippen molar-refractivity contribution in [1.82, 2.24) is 15.5 Å². The average Bonchev–Trinajstić information content (AvgIpc) is 3.52. The first-order chi connectivity index (χ1) is 16.7. The lowest BCUT2D eigenvalue weighted by Crippen LogP contribution is -2.64. The molecule has 0 saturated carbocycles. The molecule has 3 amide bonds. The van der Waals surface area contributed by atoms with Crippen LogP contribution in [0.2, 0.25) is 0 Å². The number of hydrogen-bond donors (Lipinski definition) is 4. The second-order valence-electron chi connectivity index (χ2n) is 9.08. The lowest BCUT2D eigenvalue weighted by molar-refractivity contribution is -0.147. The molecule has 2 aliphatic heterocycles. The SMILES string of the molecule is COc1cc(CC2(C(=O)NC(C(N)=O)C(C)O)CCCN2C(=O)[C@@H]2CCCN2)cc(OC)c1OC. The summed E-state index contributed by atoms with van der Waals surface area (Å²) in [7, 11) is 4.50. The van der Waals surface area contributed by atoms with Crippen molar-refractivity contribution in [3.05, 3.63) is 17.7 Å². The lowest BCUT2D eigenvalue weighted by Gasteiger charge is -2.39. The molecule has 0 radical (unpaired) electrons. The van der Waals surface area contributed by atoms with Crippen molar-refractivity contribution in [2.45, 2.75) is 62.8 Å². The zero-order chi connectivity index (χ0) is 25.8. The summed E-state index contributed by atoms with van der Waals surface area (Å²) in [6.45, 7) is 2.51. The monoisotopic (exact) mass is 492 g/mol. The number of carbonyl (C=O) groups excluding carboxylic acids is 3. The van der Waals surface area contributed by atoms with Crippen molar-refractivity contribution >= 4 is 17.7 Å². The maximum atomic E-state index is 13.8. The molecule has 0 bridgehead atoms. The van der Waals surface area contributed by atoms with Gasteiger partial charge in [0.25, 0.3) is 0 Å². The molecule has 3 rings (SSSR count). The van der Waals surface area contributed by atoms with E-state index in [0.29, 0.717) is 48.6 Å². The number of benzene rings is 1. The molecule has 3 unspecified atom stereocenters. The molecule has 0 spiro atoms. The number of ether oxygens (including phenoxy) is 3. The molecule has 5 N–H and O–H groups in total. The van der Waals surface area contributed by atoms with Gasteiger partial charge in [0.2, 0.25) is 23.5 Å². The molecule has 2 saturated heterocycles. The first-order valence-electron chi connectivity index (χ1n) is 11.8. The summed E-state index contributed by atoms with van der Waals surface area (Å²) in [6, 6.07) is 1.82. The van der Waals surface area contributed by atoms with Gasteiger partial charge in [-0.05, 0) is 56.8 Å². The minimum absolute atomic E-state index is 0.138. The van der Waals surface area contributed by atoms with Crippen LogP contribution in [-0.2, 0) is 20.8 Å². The molecule has 1 aromatic carbocycles. The van der Waals surface area contributed by atoms with Crippen LogP contribution in [0.4, 0.5) is 0 Å². The first-order valence-corrected chi connectivity index (χ1v) is 11.8. The fourth-order valence-electron chi connectivity index (χ4n) is 5.06. The Hall–Kier alpha value is -3.05. The van der Waals surface area contributed by atoms with Gasteiger partial charge >= 0.3 is 0 Å². The van der Waals surface area contributed by atoms with Crippen molar-refractivity contribution < 1.29 is 33.7 Å². The van der Waals surface area contributed by atoms with E-state index in [2.05, 4.69) is 10.6 Å². The number of hydrogen-bond acceptors (Lipinski definition) is 8. The fraction of sp³-hybridized carbons (Fsp3) is 0.625. The quantitative estimate of drug-likeness (QED) is 0.348. The minimum atomic E-state index is -1.30. The predicted octanol–water partition coefficient (Wildman–Crippen LogP) is -0.281. The fourth-order valence-corrected chi connectivity index (χ4v) is 5.06. The molecule has 194 valence electrons. The predicted molar refractivity (Wildman–Crippen MR) is 127 cm³/mol. The van der Waals surface area contributed by atoms with Crippen LogP contribution < -0.4 is 30.6 Å². The van der Waals surface area contributed by atoms with Crippen LogP contribution in [-0.4, -0.2) is 85.9 Å². The van der Waals surface area contributed by atoms with Crippen LogP contribution in [0.3, 0.4) is 0 Å². The summed E-state index contributed by atoms with van der Waals surface area (Å²) < 4.78 is 16.3. The second-order valence-corrected chi connectivity index (χ2v) is 9.08. The molecular weight excluding hydrogens is 456 g/mol. The van der Waals surface area contributed by atoms with E-state index in [1.807, 2.05) is 0 Å². The van der Waals surface area contributed by atoms with Gasteiger partial charge in [-0.15, -0.1) is 0 Å². The summed E-state index contributed by atoms with van der Waals surface area (Å²) in [6.07, 6.45) is 1.48. The number of rotatable bonds is 10. The molecule has 2 aliphatic rings. The Morgan fingerprint density at radius 2 is 1.86 bits per heavy atom. The van der Waals surface area contributed by atoms with Crippen LogP contribution in [0.15, 0.2) is 12.1 Å². The molecule has 11 heteroatoms. The Balaban J connectivity index is 2.05. The van der Waals surface area contributed by atoms with E-state index in [-0.39, 0.29) is 18.4 Å². The first kappa shape index (κ1) is 26.6. The van der Waals surface area contributed by atoms with Gasteiger partial charge in [-0.1, -0.05) is 0 Å². The highest BCUT2D eigenvalue weighted by atomic mass is 16.5. The highest BCUT2D eigenvalue weighted by Gasteiger charge is 2.52. The number of likely N-dealkylation sites (tertiary alicyclic amines) is 1. The Morgan fingerprint density at radius 3 is 2.34 bits per heavy atom. The number of aliphatic hydroxyl groups is 1. The molecular formula is C24H36N4O7. The molecule has 2 fully saturated rings. The number of amides is 3. The summed E-state index contributed by atoms with van der Waals surface area (Å²) in [5, 5.41) is 15.9. The van der Waals surface area contributed by atoms with Crippen LogP contribution in [0.5, 0.6) is 17.2 Å². The molecule has 0 aromatic heterocycles. The summed E-state index contributed by atoms with van der Waals surface area (Å²) >= 11 is 0. The number of carbonyl (C=O) groups is 3. The Labute approximate surface area is 205 Å². The topological polar surface area (TPSA) is 152 Å². The van der Waals surface area contributed by atoms with Gasteiger partial charge in [-0.25, -0.2) is 0 Å². The zero-order valence-electron chi connectivity index (χ0n) is 20.8. The number of nitrogens with two attached hydrogens (primary N) is 1. The minimum Gasteiger partial charge on any atom is -0.493 e. The third kappa shape index (κ3) is 5.30. The molecule has 11 nitrogen and oxygen atoms in total. The van der Waals surface area contributed by atoms with Gasteiger partial charge in [0, 0.05) is 13.0 Å². The van der Waals surface area contributed by atoms with E-state index >= 15 is 0 Å². The van der Waals surface area contributed by atoms with Crippen molar-refractivity contribution in [2.75, 3.05) is 34.4 Å². The van der Waals surface area contributed by atoms with E-state index in [9.17, 15) is 19.5 Å². The average molecular weight is 493 g/mol. The summed E-state index contributed by atoms with van der Waals surface area (Å²) in [4.78, 5) is 40.9. The zero-order valence-corrected chi connectivity index (χ0v) is 20.8. The summed E-state index contributed by atoms with van der Waals surface area (Å²) in [5.74, 6) is -0.302. The molecule has 0 aliphatic carbocycles. The highest BCUT2D eigenvalue weighted by molar-refractivity contribution is 5.96. The van der Waals surface area contributed by atoms with Gasteiger partial charge in [0.1, 0.15) is 11.6 Å². The molecule has 1 aromatic rings. The number of nitrogens with zero attached hydrogens (tertiary/aromatic N) is 1. The third-order valence-electron chi connectivity index (χ3n) is 6.83. The number of aliphatic hydroxyl groups excluding tert-OH is 1. The van der Waals surface area contributed by atoms with Gasteiger partial charge in [0.15, 0.2) is 11.5 Å². The molecule has 35 heavy (non-hydrogen) atoms. The van der Waals surface area contributed by atoms with Crippen molar-refractivity contribution in [3.8, 4) is 17.2 Å². The third-order valence-corrected chi connectivity index (χ3v) is 6.83. The Bertz CT molecular complexity index is 923. The Kier molecular flexibility index (Phi) is 8.44. The summed E-state index contributed by atoms with van der Waals surface area (Å²) in [5.41, 5.74) is 4.82. The smallest absolute Gasteiger partial charge is 0.247 e. The van der Waals surface area contributed by atoms with E-state index in [4.69, 9.17) is 19.9 Å². The van der Waals surface area contributed by atoms with Gasteiger partial charge in [0.05, 0.1) is 33.5 Å². The van der Waals surface area contributed by atoms with E-state index in [0.717, 1.165) is 13.0 Å². The second kappa shape index (κ2) is 11.1. The normalized spacial score (nSPS) is 23.5. The van der Waals surface area contributed by atoms with Crippen molar-refractivity contribution in [3.63, 3.8) is 0 Å². The van der Waals surface area contributed by atoms with Gasteiger partial charge in [-0.3, -0.25) is 14.4 Å². The largest absolute Gasteiger partial charge is 0.493 e. The van der Waals surface area contributed by atoms with Crippen LogP contribution in [0.25, 0.3) is 0 Å². The van der Waals surface area contributed by atoms with Crippen molar-refractivity contribution in [2.24, 2.45) is 5.73 Å². The van der Waals surface area contributed by atoms with E-state index in [1.54, 1.807) is 17.0 Å². The van der Waals surface area contributed by atoms with Gasteiger partial charge < -0.3 is 40.6 Å². The highest BCUT2D eigenvalue weighted by Crippen LogP contribution is 2.41. The van der Waals surface area contributed by atoms with Crippen LogP contribution >= 0.6 is 0 Å². The van der Waals surface area contributed by atoms with E-state index < -0.39 is 29.5 Å². The van der Waals surface area contributed by atoms with Crippen LogP contribution in [0.1, 0.15) is 38.2 Å². The molecule has 2 heterocycles. The number of methoxy groups -OCH3 is 3. The number of primary amides is 1. The number of nitrogens with one attached hydrogen (secondary N) is 2. The maximum Gasteiger partial charge on any atom is 0.247 e.